The minimum atomic E-state index is -2.20. The molecule has 4 heterocycles. The van der Waals surface area contributed by atoms with Crippen molar-refractivity contribution in [2.45, 2.75) is 12.6 Å². The third-order valence-electron chi connectivity index (χ3n) is 6.93. The molecule has 54 heavy (non-hydrogen) atoms. The quantitative estimate of drug-likeness (QED) is 0.156. The van der Waals surface area contributed by atoms with E-state index in [0.717, 1.165) is 43.6 Å². The molecule has 0 spiro atoms. The second kappa shape index (κ2) is 25.9. The number of aliphatic hydroxyl groups is 4. The zero-order valence-electron chi connectivity index (χ0n) is 27.2. The Morgan fingerprint density at radius 2 is 0.685 bits per heavy atom. The number of carboxylic acid groups (broad SMARTS) is 2. The van der Waals surface area contributed by atoms with Gasteiger partial charge in [-0.3, -0.25) is 0 Å². The normalized spacial score (nSPS) is 11.7. The van der Waals surface area contributed by atoms with Gasteiger partial charge >= 0.3 is 46.1 Å². The summed E-state index contributed by atoms with van der Waals surface area (Å²) in [6.45, 7) is 0. The summed E-state index contributed by atoms with van der Waals surface area (Å²) in [6.07, 6.45) is 18.8. The van der Waals surface area contributed by atoms with Crippen LogP contribution in [-0.2, 0) is 68.3 Å². The molecule has 7 rings (SSSR count). The van der Waals surface area contributed by atoms with Gasteiger partial charge < -0.3 is 73.8 Å². The van der Waals surface area contributed by atoms with Gasteiger partial charge in [-0.1, -0.05) is 72.9 Å². The first-order valence-electron chi connectivity index (χ1n) is 13.7. The van der Waals surface area contributed by atoms with Crippen molar-refractivity contribution in [1.82, 2.24) is 0 Å². The molecule has 0 fully saturated rings. The molecule has 0 unspecified atom stereocenters. The van der Waals surface area contributed by atoms with Gasteiger partial charge in [0, 0.05) is 45.3 Å². The number of carboxylic acids is 2. The second-order valence-corrected chi connectivity index (χ2v) is 9.82. The third kappa shape index (κ3) is 13.1. The van der Waals surface area contributed by atoms with Crippen molar-refractivity contribution >= 4 is 59.0 Å². The van der Waals surface area contributed by atoms with Gasteiger partial charge in [0.25, 0.3) is 0 Å². The Morgan fingerprint density at radius 3 is 0.870 bits per heavy atom. The summed E-state index contributed by atoms with van der Waals surface area (Å²) < 4.78 is 0. The first-order valence-corrected chi connectivity index (χ1v) is 13.7. The number of carbonyl (C=O) groups is 2. The van der Waals surface area contributed by atoms with E-state index in [2.05, 4.69) is 69.8 Å². The molecular formula is C34H34Fe4N4O12. The van der Waals surface area contributed by atoms with Gasteiger partial charge in [-0.15, -0.1) is 22.7 Å². The molecular weight excluding hydrogens is 880 g/mol. The Kier molecular flexibility index (Phi) is 27.2. The van der Waals surface area contributed by atoms with Crippen LogP contribution in [0.1, 0.15) is 44.4 Å². The van der Waals surface area contributed by atoms with Crippen molar-refractivity contribution < 1.29 is 130 Å². The third-order valence-corrected chi connectivity index (χ3v) is 6.93. The molecule has 0 atom stereocenters. The number of nitrogens with zero attached hydrogens (tertiary/aromatic N) is 4. The molecule has 16 nitrogen and oxygen atoms in total. The topological polar surface area (TPSA) is 338 Å². The molecule has 0 radical (unpaired) electrons. The standard InChI is InChI=1S/2C12H8N2.C10H10O8.4Fe.4H2O/c2*1-3-9-5-6-10-4-2-8-14-12(10)11(9)13-7-1;11-7(12)3-1-4(8(13)14)6(10(17)18)2-5(3)9(15)16;;;;;;;;/h2*1-8H;1-2,7,10-12,17-18H,(H,13,14)(H,15,16);;;;;4*1H2/q2*-2;;;;2*+2;;;;. The second-order valence-electron chi connectivity index (χ2n) is 9.82. The van der Waals surface area contributed by atoms with Crippen LogP contribution in [0.25, 0.3) is 45.6 Å². The number of allylic oxidation sites excluding steroid dienone is 4. The maximum atomic E-state index is 10.8. The number of hydrogen-bond donors (Lipinski definition) is 6. The average molecular weight is 914 g/mol. The molecule has 4 aliphatic rings. The zero-order valence-corrected chi connectivity index (χ0v) is 31.7. The van der Waals surface area contributed by atoms with Crippen LogP contribution in [0, 0.1) is 0 Å². The molecule has 0 saturated heterocycles. The maximum absolute atomic E-state index is 10.8. The SMILES string of the molecule is C1=C[N-]c2c3c(ccc2=C1)=CC=C[N-]3.C1=C[N-]c2c3c(ccc2=C1)=CC=C[N-]3.O.O.O.O.O=C(O)c1cc(C(O)O)c(C(=O)O)cc1C(O)O.[Fe+2].[Fe+2].[Fe].[Fe]. The molecule has 3 aromatic carbocycles. The molecule has 0 aliphatic carbocycles. The number of benzene rings is 3. The van der Waals surface area contributed by atoms with Gasteiger partial charge in [0.15, 0.2) is 12.6 Å². The van der Waals surface area contributed by atoms with E-state index >= 15 is 0 Å². The summed E-state index contributed by atoms with van der Waals surface area (Å²) in [4.78, 5) is 21.7. The molecule has 0 saturated carbocycles. The Balaban J connectivity index is -0.000000325. The summed E-state index contributed by atoms with van der Waals surface area (Å²) in [5, 5.41) is 75.4. The number of aliphatic hydroxyl groups excluding tert-OH is 2. The van der Waals surface area contributed by atoms with Crippen LogP contribution in [0.2, 0.25) is 0 Å². The fourth-order valence-corrected chi connectivity index (χ4v) is 4.79. The van der Waals surface area contributed by atoms with E-state index in [0.29, 0.717) is 12.1 Å². The summed E-state index contributed by atoms with van der Waals surface area (Å²) in [5.41, 5.74) is 1.55. The van der Waals surface area contributed by atoms with Crippen molar-refractivity contribution in [3.05, 3.63) is 150 Å². The van der Waals surface area contributed by atoms with Gasteiger partial charge in [0.05, 0.1) is 11.1 Å². The van der Waals surface area contributed by atoms with Crippen molar-refractivity contribution in [1.29, 1.82) is 0 Å². The van der Waals surface area contributed by atoms with E-state index in [4.69, 9.17) is 30.6 Å². The van der Waals surface area contributed by atoms with E-state index < -0.39 is 46.8 Å². The van der Waals surface area contributed by atoms with E-state index in [1.165, 1.54) is 0 Å². The Labute approximate surface area is 349 Å². The predicted molar refractivity (Wildman–Crippen MR) is 187 cm³/mol. The van der Waals surface area contributed by atoms with Crippen LogP contribution in [0.5, 0.6) is 0 Å². The van der Waals surface area contributed by atoms with E-state index in [9.17, 15) is 9.59 Å². The van der Waals surface area contributed by atoms with Crippen LogP contribution in [-0.4, -0.2) is 64.5 Å². The fourth-order valence-electron chi connectivity index (χ4n) is 4.79. The summed E-state index contributed by atoms with van der Waals surface area (Å²) in [6, 6.07) is 9.65. The number of rotatable bonds is 4. The minimum Gasteiger partial charge on any atom is -0.665 e. The molecule has 0 bridgehead atoms. The summed E-state index contributed by atoms with van der Waals surface area (Å²) in [7, 11) is 0. The Morgan fingerprint density at radius 1 is 0.463 bits per heavy atom. The smallest absolute Gasteiger partial charge is 0.665 e. The first-order chi connectivity index (χ1) is 22.2. The first kappa shape index (κ1) is 56.7. The molecule has 0 amide bonds. The summed E-state index contributed by atoms with van der Waals surface area (Å²) >= 11 is 0. The van der Waals surface area contributed by atoms with Crippen LogP contribution >= 0.6 is 0 Å². The molecule has 14 N–H and O–H groups in total. The van der Waals surface area contributed by atoms with Crippen molar-refractivity contribution in [3.63, 3.8) is 0 Å². The zero-order chi connectivity index (χ0) is 32.8. The van der Waals surface area contributed by atoms with Gasteiger partial charge in [0.2, 0.25) is 0 Å². The van der Waals surface area contributed by atoms with Crippen molar-refractivity contribution in [2.24, 2.45) is 0 Å². The largest absolute Gasteiger partial charge is 2.00 e. The van der Waals surface area contributed by atoms with Crippen LogP contribution in [0.3, 0.4) is 0 Å². The molecule has 3 aromatic rings. The van der Waals surface area contributed by atoms with E-state index in [1.54, 1.807) is 24.8 Å². The van der Waals surface area contributed by atoms with E-state index in [1.807, 2.05) is 24.3 Å². The fraction of sp³-hybridized carbons (Fsp3) is 0.0588. The molecule has 4 aliphatic heterocycles. The number of aromatic carboxylic acids is 2. The van der Waals surface area contributed by atoms with Crippen LogP contribution in [0.15, 0.2) is 85.5 Å². The van der Waals surface area contributed by atoms with Crippen molar-refractivity contribution in [2.75, 3.05) is 0 Å². The van der Waals surface area contributed by atoms with Crippen LogP contribution < -0.4 is 20.9 Å². The minimum absolute atomic E-state index is 0. The maximum Gasteiger partial charge on any atom is 2.00 e. The predicted octanol–water partition coefficient (Wildman–Crippen LogP) is 0.366. The van der Waals surface area contributed by atoms with Crippen molar-refractivity contribution in [3.8, 4) is 0 Å². The van der Waals surface area contributed by atoms with E-state index in [-0.39, 0.29) is 90.2 Å². The number of fused-ring (bicyclic) bond motifs is 6. The van der Waals surface area contributed by atoms with Gasteiger partial charge in [-0.25, -0.2) is 9.59 Å². The van der Waals surface area contributed by atoms with Gasteiger partial charge in [-0.05, 0) is 33.0 Å². The monoisotopic (exact) mass is 914 g/mol. The van der Waals surface area contributed by atoms with Crippen LogP contribution in [0.4, 0.5) is 22.7 Å². The van der Waals surface area contributed by atoms with Gasteiger partial charge in [-0.2, -0.15) is 24.8 Å². The average Bonchev–Trinajstić information content (AvgIpc) is 3.08. The molecule has 0 aromatic heterocycles. The summed E-state index contributed by atoms with van der Waals surface area (Å²) in [5.74, 6) is -3.12. The van der Waals surface area contributed by atoms with Gasteiger partial charge in [0.1, 0.15) is 0 Å². The number of hydrogen-bond acceptors (Lipinski definition) is 6. The molecule has 294 valence electrons. The Hall–Kier alpha value is -4.00. The Bertz CT molecular complexity index is 1860. The molecule has 20 heteroatoms.